The Bertz CT molecular complexity index is 602. The molecule has 0 radical (unpaired) electrons. The number of anilines is 1. The number of H-pyrrole nitrogens is 1. The summed E-state index contributed by atoms with van der Waals surface area (Å²) in [5.41, 5.74) is 3.07. The number of imidazole rings is 1. The molecule has 0 fully saturated rings. The van der Waals surface area contributed by atoms with Crippen LogP contribution in [0.5, 0.6) is 0 Å². The van der Waals surface area contributed by atoms with Crippen molar-refractivity contribution < 1.29 is 4.42 Å². The average molecular weight is 240 g/mol. The van der Waals surface area contributed by atoms with E-state index in [2.05, 4.69) is 20.3 Å². The third kappa shape index (κ3) is 2.24. The van der Waals surface area contributed by atoms with Crippen LogP contribution >= 0.6 is 0 Å². The number of benzene rings is 1. The van der Waals surface area contributed by atoms with Crippen LogP contribution in [-0.4, -0.2) is 15.0 Å². The molecule has 0 aliphatic heterocycles. The van der Waals surface area contributed by atoms with E-state index in [0.29, 0.717) is 6.54 Å². The monoisotopic (exact) mass is 240 g/mol. The van der Waals surface area contributed by atoms with Crippen LogP contribution in [0.25, 0.3) is 11.3 Å². The SMILES string of the molecule is c1cc(NCc2cnc[nH]2)cc(-c2cnco2)c1. The second kappa shape index (κ2) is 4.75. The molecule has 1 aromatic carbocycles. The lowest BCUT2D eigenvalue weighted by Crippen LogP contribution is -1.99. The number of hydrogen-bond donors (Lipinski definition) is 2. The van der Waals surface area contributed by atoms with Crippen molar-refractivity contribution in [3.63, 3.8) is 0 Å². The smallest absolute Gasteiger partial charge is 0.181 e. The maximum Gasteiger partial charge on any atom is 0.181 e. The summed E-state index contributed by atoms with van der Waals surface area (Å²) in [6.07, 6.45) is 6.60. The van der Waals surface area contributed by atoms with Crippen molar-refractivity contribution in [1.29, 1.82) is 0 Å². The molecule has 2 heterocycles. The fourth-order valence-electron chi connectivity index (χ4n) is 1.72. The van der Waals surface area contributed by atoms with E-state index in [4.69, 9.17) is 4.42 Å². The molecule has 90 valence electrons. The van der Waals surface area contributed by atoms with Gasteiger partial charge in [0.15, 0.2) is 12.2 Å². The molecule has 0 aliphatic rings. The van der Waals surface area contributed by atoms with E-state index in [1.165, 1.54) is 6.39 Å². The van der Waals surface area contributed by atoms with Gasteiger partial charge >= 0.3 is 0 Å². The molecular weight excluding hydrogens is 228 g/mol. The second-order valence-electron chi connectivity index (χ2n) is 3.88. The second-order valence-corrected chi connectivity index (χ2v) is 3.88. The topological polar surface area (TPSA) is 66.7 Å². The molecule has 3 rings (SSSR count). The first-order chi connectivity index (χ1) is 8.92. The summed E-state index contributed by atoms with van der Waals surface area (Å²) in [6, 6.07) is 8.00. The van der Waals surface area contributed by atoms with Crippen molar-refractivity contribution in [2.75, 3.05) is 5.32 Å². The van der Waals surface area contributed by atoms with E-state index in [1.54, 1.807) is 18.7 Å². The summed E-state index contributed by atoms with van der Waals surface area (Å²) in [5.74, 6) is 0.764. The number of oxazole rings is 1. The zero-order valence-electron chi connectivity index (χ0n) is 9.63. The first-order valence-corrected chi connectivity index (χ1v) is 5.62. The molecule has 0 atom stereocenters. The van der Waals surface area contributed by atoms with Gasteiger partial charge < -0.3 is 14.7 Å². The van der Waals surface area contributed by atoms with Gasteiger partial charge in [-0.15, -0.1) is 0 Å². The van der Waals surface area contributed by atoms with E-state index in [0.717, 1.165) is 22.7 Å². The number of rotatable bonds is 4. The summed E-state index contributed by atoms with van der Waals surface area (Å²) < 4.78 is 5.27. The van der Waals surface area contributed by atoms with Crippen molar-refractivity contribution in [3.8, 4) is 11.3 Å². The van der Waals surface area contributed by atoms with Gasteiger partial charge in [0.1, 0.15) is 0 Å². The number of nitrogens with zero attached hydrogens (tertiary/aromatic N) is 2. The van der Waals surface area contributed by atoms with Gasteiger partial charge in [-0.1, -0.05) is 12.1 Å². The molecule has 5 nitrogen and oxygen atoms in total. The van der Waals surface area contributed by atoms with Gasteiger partial charge in [-0.2, -0.15) is 0 Å². The van der Waals surface area contributed by atoms with E-state index < -0.39 is 0 Å². The fraction of sp³-hybridized carbons (Fsp3) is 0.0769. The molecule has 0 spiro atoms. The Hall–Kier alpha value is -2.56. The summed E-state index contributed by atoms with van der Waals surface area (Å²) in [5, 5.41) is 3.32. The van der Waals surface area contributed by atoms with E-state index in [1.807, 2.05) is 24.3 Å². The highest BCUT2D eigenvalue weighted by atomic mass is 16.3. The largest absolute Gasteiger partial charge is 0.444 e. The first-order valence-electron chi connectivity index (χ1n) is 5.62. The van der Waals surface area contributed by atoms with Crippen molar-refractivity contribution >= 4 is 5.69 Å². The lowest BCUT2D eigenvalue weighted by molar-refractivity contribution is 0.572. The Kier molecular flexibility index (Phi) is 2.79. The standard InChI is InChI=1S/C13H12N4O/c1-2-10(13-7-15-9-18-13)4-11(3-1)16-6-12-5-14-8-17-12/h1-5,7-9,16H,6H2,(H,14,17). The minimum atomic E-state index is 0.708. The number of nitrogens with one attached hydrogen (secondary N) is 2. The molecule has 3 aromatic rings. The van der Waals surface area contributed by atoms with E-state index >= 15 is 0 Å². The Morgan fingerprint density at radius 1 is 1.22 bits per heavy atom. The summed E-state index contributed by atoms with van der Waals surface area (Å²) >= 11 is 0. The summed E-state index contributed by atoms with van der Waals surface area (Å²) in [6.45, 7) is 0.708. The van der Waals surface area contributed by atoms with Crippen LogP contribution in [0.15, 0.2) is 53.8 Å². The third-order valence-electron chi connectivity index (χ3n) is 2.62. The maximum atomic E-state index is 5.27. The first kappa shape index (κ1) is 10.6. The number of aromatic nitrogens is 3. The van der Waals surface area contributed by atoms with Gasteiger partial charge in [-0.05, 0) is 12.1 Å². The minimum absolute atomic E-state index is 0.708. The van der Waals surface area contributed by atoms with Crippen molar-refractivity contribution in [3.05, 3.63) is 55.1 Å². The van der Waals surface area contributed by atoms with Gasteiger partial charge in [0.05, 0.1) is 24.8 Å². The third-order valence-corrected chi connectivity index (χ3v) is 2.62. The van der Waals surface area contributed by atoms with Crippen LogP contribution in [0.1, 0.15) is 5.69 Å². The Labute approximate surface area is 104 Å². The van der Waals surface area contributed by atoms with Gasteiger partial charge in [-0.25, -0.2) is 9.97 Å². The van der Waals surface area contributed by atoms with Gasteiger partial charge in [0.2, 0.25) is 0 Å². The van der Waals surface area contributed by atoms with E-state index in [-0.39, 0.29) is 0 Å². The average Bonchev–Trinajstić information content (AvgIpc) is 3.10. The Morgan fingerprint density at radius 2 is 2.22 bits per heavy atom. The lowest BCUT2D eigenvalue weighted by Gasteiger charge is -2.06. The molecular formula is C13H12N4O. The zero-order chi connectivity index (χ0) is 12.2. The highest BCUT2D eigenvalue weighted by Gasteiger charge is 2.02. The number of aromatic amines is 1. The van der Waals surface area contributed by atoms with E-state index in [9.17, 15) is 0 Å². The minimum Gasteiger partial charge on any atom is -0.444 e. The Balaban J connectivity index is 1.75. The van der Waals surface area contributed by atoms with Gasteiger partial charge in [0.25, 0.3) is 0 Å². The predicted octanol–water partition coefficient (Wildman–Crippen LogP) is 2.68. The van der Waals surface area contributed by atoms with Crippen LogP contribution in [0.2, 0.25) is 0 Å². The molecule has 0 saturated heterocycles. The highest BCUT2D eigenvalue weighted by molar-refractivity contribution is 5.63. The van der Waals surface area contributed by atoms with Crippen molar-refractivity contribution in [2.45, 2.75) is 6.54 Å². The molecule has 0 unspecified atom stereocenters. The summed E-state index contributed by atoms with van der Waals surface area (Å²) in [7, 11) is 0. The van der Waals surface area contributed by atoms with Crippen LogP contribution in [0, 0.1) is 0 Å². The molecule has 0 aliphatic carbocycles. The molecule has 0 amide bonds. The van der Waals surface area contributed by atoms with Crippen LogP contribution in [0.4, 0.5) is 5.69 Å². The highest BCUT2D eigenvalue weighted by Crippen LogP contribution is 2.22. The van der Waals surface area contributed by atoms with Crippen molar-refractivity contribution in [1.82, 2.24) is 15.0 Å². The summed E-state index contributed by atoms with van der Waals surface area (Å²) in [4.78, 5) is 10.9. The quantitative estimate of drug-likeness (QED) is 0.735. The number of hydrogen-bond acceptors (Lipinski definition) is 4. The molecule has 5 heteroatoms. The molecule has 2 N–H and O–H groups in total. The van der Waals surface area contributed by atoms with Crippen LogP contribution in [0.3, 0.4) is 0 Å². The van der Waals surface area contributed by atoms with Gasteiger partial charge in [-0.3, -0.25) is 0 Å². The fourth-order valence-corrected chi connectivity index (χ4v) is 1.72. The normalized spacial score (nSPS) is 10.4. The molecule has 0 bridgehead atoms. The van der Waals surface area contributed by atoms with Crippen LogP contribution in [-0.2, 0) is 6.54 Å². The van der Waals surface area contributed by atoms with Crippen molar-refractivity contribution in [2.24, 2.45) is 0 Å². The molecule has 18 heavy (non-hydrogen) atoms. The Morgan fingerprint density at radius 3 is 3.00 bits per heavy atom. The zero-order valence-corrected chi connectivity index (χ0v) is 9.63. The van der Waals surface area contributed by atoms with Gasteiger partial charge in [0, 0.05) is 17.4 Å². The van der Waals surface area contributed by atoms with Crippen LogP contribution < -0.4 is 5.32 Å². The maximum absolute atomic E-state index is 5.27. The lowest BCUT2D eigenvalue weighted by atomic mass is 10.1. The molecule has 2 aromatic heterocycles. The predicted molar refractivity (Wildman–Crippen MR) is 67.9 cm³/mol. The molecule has 0 saturated carbocycles.